The van der Waals surface area contributed by atoms with Crippen LogP contribution in [0.3, 0.4) is 0 Å². The lowest BCUT2D eigenvalue weighted by Gasteiger charge is -2.19. The molecule has 0 radical (unpaired) electrons. The van der Waals surface area contributed by atoms with E-state index in [1.54, 1.807) is 13.2 Å². The third-order valence-electron chi connectivity index (χ3n) is 4.86. The van der Waals surface area contributed by atoms with Crippen molar-refractivity contribution in [1.82, 2.24) is 25.3 Å². The highest BCUT2D eigenvalue weighted by molar-refractivity contribution is 14.0. The van der Waals surface area contributed by atoms with Gasteiger partial charge in [0.1, 0.15) is 0 Å². The molecule has 2 aromatic rings. The normalized spacial score (nSPS) is 16.6. The molecule has 1 aliphatic rings. The molecule has 8 heteroatoms. The number of benzene rings is 1. The Morgan fingerprint density at radius 2 is 2.07 bits per heavy atom. The van der Waals surface area contributed by atoms with Gasteiger partial charge in [0.05, 0.1) is 6.54 Å². The first-order chi connectivity index (χ1) is 13.2. The third-order valence-corrected chi connectivity index (χ3v) is 4.86. The molecule has 3 rings (SSSR count). The average molecular weight is 496 g/mol. The topological polar surface area (TPSA) is 74.6 Å². The number of likely N-dealkylation sites (tertiary alicyclic amines) is 1. The lowest BCUT2D eigenvalue weighted by atomic mass is 10.1. The lowest BCUT2D eigenvalue weighted by molar-refractivity contribution is -0.129. The van der Waals surface area contributed by atoms with Gasteiger partial charge in [0.15, 0.2) is 5.96 Å². The molecule has 1 aromatic heterocycles. The maximum absolute atomic E-state index is 11.8. The molecule has 0 aliphatic carbocycles. The third kappa shape index (κ3) is 5.95. The minimum absolute atomic E-state index is 0. The van der Waals surface area contributed by atoms with Crippen molar-refractivity contribution in [3.05, 3.63) is 53.9 Å². The van der Waals surface area contributed by atoms with E-state index < -0.39 is 0 Å². The number of carbonyl (C=O) groups is 1. The second kappa shape index (κ2) is 11.0. The fourth-order valence-electron chi connectivity index (χ4n) is 3.35. The van der Waals surface area contributed by atoms with Gasteiger partial charge in [-0.15, -0.1) is 24.0 Å². The fourth-order valence-corrected chi connectivity index (χ4v) is 3.35. The molecule has 7 nitrogen and oxygen atoms in total. The molecule has 0 spiro atoms. The number of amides is 1. The lowest BCUT2D eigenvalue weighted by Crippen LogP contribution is -2.44. The smallest absolute Gasteiger partial charge is 0.222 e. The number of guanidine groups is 1. The van der Waals surface area contributed by atoms with Crippen LogP contribution in [-0.2, 0) is 17.9 Å². The molecule has 0 bridgehead atoms. The summed E-state index contributed by atoms with van der Waals surface area (Å²) in [5, 5.41) is 11.1. The van der Waals surface area contributed by atoms with Gasteiger partial charge in [0.2, 0.25) is 5.91 Å². The van der Waals surface area contributed by atoms with E-state index in [0.717, 1.165) is 32.0 Å². The van der Waals surface area contributed by atoms with Gasteiger partial charge in [0, 0.05) is 51.5 Å². The van der Waals surface area contributed by atoms with Crippen molar-refractivity contribution < 1.29 is 4.79 Å². The first-order valence-electron chi connectivity index (χ1n) is 9.48. The number of aliphatic imine (C=N–C) groups is 1. The molecular formula is C20H29IN6O. The van der Waals surface area contributed by atoms with Crippen molar-refractivity contribution in [2.75, 3.05) is 20.1 Å². The Balaban J connectivity index is 0.00000280. The van der Waals surface area contributed by atoms with E-state index in [-0.39, 0.29) is 35.9 Å². The van der Waals surface area contributed by atoms with E-state index in [9.17, 15) is 4.79 Å². The molecule has 1 amide bonds. The number of halogens is 1. The zero-order chi connectivity index (χ0) is 19.1. The number of hydrogen-bond acceptors (Lipinski definition) is 3. The van der Waals surface area contributed by atoms with Crippen molar-refractivity contribution in [1.29, 1.82) is 0 Å². The van der Waals surface area contributed by atoms with Crippen molar-refractivity contribution in [2.45, 2.75) is 38.9 Å². The summed E-state index contributed by atoms with van der Waals surface area (Å²) in [6, 6.07) is 10.5. The summed E-state index contributed by atoms with van der Waals surface area (Å²) in [6.07, 6.45) is 5.27. The molecule has 2 N–H and O–H groups in total. The molecule has 28 heavy (non-hydrogen) atoms. The summed E-state index contributed by atoms with van der Waals surface area (Å²) in [4.78, 5) is 18.1. The molecule has 2 heterocycles. The number of carbonyl (C=O) groups excluding carboxylic acids is 1. The summed E-state index contributed by atoms with van der Waals surface area (Å²) in [6.45, 7) is 4.89. The first kappa shape index (κ1) is 22.2. The molecular weight excluding hydrogens is 467 g/mol. The van der Waals surface area contributed by atoms with Crippen molar-refractivity contribution in [2.24, 2.45) is 4.99 Å². The van der Waals surface area contributed by atoms with Crippen molar-refractivity contribution >= 4 is 35.8 Å². The van der Waals surface area contributed by atoms with Crippen LogP contribution in [0.25, 0.3) is 0 Å². The SMILES string of the molecule is CCC(=O)N1CCC(NC(=NC)NCc2ccccc2Cn2cccn2)C1.I. The summed E-state index contributed by atoms with van der Waals surface area (Å²) in [5.74, 6) is 0.981. The minimum atomic E-state index is 0. The largest absolute Gasteiger partial charge is 0.352 e. The van der Waals surface area contributed by atoms with Crippen LogP contribution < -0.4 is 10.6 Å². The highest BCUT2D eigenvalue weighted by Crippen LogP contribution is 2.12. The van der Waals surface area contributed by atoms with Gasteiger partial charge >= 0.3 is 0 Å². The van der Waals surface area contributed by atoms with E-state index in [0.29, 0.717) is 13.0 Å². The maximum atomic E-state index is 11.8. The van der Waals surface area contributed by atoms with Crippen LogP contribution in [-0.4, -0.2) is 52.7 Å². The predicted octanol–water partition coefficient (Wildman–Crippen LogP) is 2.23. The average Bonchev–Trinajstić information content (AvgIpc) is 3.37. The number of rotatable bonds is 6. The second-order valence-electron chi connectivity index (χ2n) is 6.72. The van der Waals surface area contributed by atoms with Crippen molar-refractivity contribution in [3.63, 3.8) is 0 Å². The van der Waals surface area contributed by atoms with Gasteiger partial charge in [0.25, 0.3) is 0 Å². The summed E-state index contributed by atoms with van der Waals surface area (Å²) < 4.78 is 1.92. The van der Waals surface area contributed by atoms with E-state index in [1.807, 2.05) is 40.9 Å². The van der Waals surface area contributed by atoms with Crippen LogP contribution in [0.5, 0.6) is 0 Å². The summed E-state index contributed by atoms with van der Waals surface area (Å²) in [5.41, 5.74) is 2.44. The van der Waals surface area contributed by atoms with Crippen LogP contribution in [0.4, 0.5) is 0 Å². The van der Waals surface area contributed by atoms with Gasteiger partial charge in [-0.05, 0) is 23.6 Å². The Bertz CT molecular complexity index is 777. The molecule has 1 fully saturated rings. The van der Waals surface area contributed by atoms with Crippen LogP contribution in [0.1, 0.15) is 30.9 Å². The van der Waals surface area contributed by atoms with Crippen LogP contribution >= 0.6 is 24.0 Å². The quantitative estimate of drug-likeness (QED) is 0.366. The zero-order valence-electron chi connectivity index (χ0n) is 16.5. The monoisotopic (exact) mass is 496 g/mol. The van der Waals surface area contributed by atoms with E-state index in [2.05, 4.69) is 32.9 Å². The van der Waals surface area contributed by atoms with Gasteiger partial charge in [-0.25, -0.2) is 0 Å². The van der Waals surface area contributed by atoms with Gasteiger partial charge in [-0.2, -0.15) is 5.10 Å². The Morgan fingerprint density at radius 1 is 1.29 bits per heavy atom. The fraction of sp³-hybridized carbons (Fsp3) is 0.450. The van der Waals surface area contributed by atoms with E-state index in [1.165, 1.54) is 11.1 Å². The number of nitrogens with zero attached hydrogens (tertiary/aromatic N) is 4. The number of nitrogens with one attached hydrogen (secondary N) is 2. The van der Waals surface area contributed by atoms with Crippen LogP contribution in [0.15, 0.2) is 47.7 Å². The van der Waals surface area contributed by atoms with Gasteiger partial charge in [-0.1, -0.05) is 31.2 Å². The Labute approximate surface area is 183 Å². The Kier molecular flexibility index (Phi) is 8.75. The van der Waals surface area contributed by atoms with Gasteiger partial charge < -0.3 is 15.5 Å². The first-order valence-corrected chi connectivity index (χ1v) is 9.48. The summed E-state index contributed by atoms with van der Waals surface area (Å²) >= 11 is 0. The molecule has 1 saturated heterocycles. The van der Waals surface area contributed by atoms with Crippen LogP contribution in [0, 0.1) is 0 Å². The molecule has 1 aromatic carbocycles. The maximum Gasteiger partial charge on any atom is 0.222 e. The highest BCUT2D eigenvalue weighted by Gasteiger charge is 2.25. The zero-order valence-corrected chi connectivity index (χ0v) is 18.8. The van der Waals surface area contributed by atoms with Gasteiger partial charge in [-0.3, -0.25) is 14.5 Å². The molecule has 1 atom stereocenters. The Morgan fingerprint density at radius 3 is 2.75 bits per heavy atom. The molecule has 1 unspecified atom stereocenters. The molecule has 0 saturated carbocycles. The number of hydrogen-bond donors (Lipinski definition) is 2. The molecule has 1 aliphatic heterocycles. The standard InChI is InChI=1S/C20H28N6O.HI/c1-3-19(27)25-12-9-18(15-25)24-20(21-2)22-13-16-7-4-5-8-17(16)14-26-11-6-10-23-26;/h4-8,10-11,18H,3,9,12-15H2,1-2H3,(H2,21,22,24);1H. The predicted molar refractivity (Wildman–Crippen MR) is 122 cm³/mol. The van der Waals surface area contributed by atoms with Crippen molar-refractivity contribution in [3.8, 4) is 0 Å². The molecule has 152 valence electrons. The van der Waals surface area contributed by atoms with E-state index >= 15 is 0 Å². The second-order valence-corrected chi connectivity index (χ2v) is 6.72. The Hall–Kier alpha value is -2.10. The number of aromatic nitrogens is 2. The van der Waals surface area contributed by atoms with Crippen LogP contribution in [0.2, 0.25) is 0 Å². The minimum Gasteiger partial charge on any atom is -0.352 e. The summed E-state index contributed by atoms with van der Waals surface area (Å²) in [7, 11) is 1.77. The highest BCUT2D eigenvalue weighted by atomic mass is 127. The van der Waals surface area contributed by atoms with E-state index in [4.69, 9.17) is 0 Å².